The molecule has 180 valence electrons. The van der Waals surface area contributed by atoms with E-state index in [1.807, 2.05) is 18.2 Å². The Morgan fingerprint density at radius 1 is 1.18 bits per heavy atom. The van der Waals surface area contributed by atoms with Gasteiger partial charge >= 0.3 is 6.18 Å². The number of halogens is 3. The zero-order valence-electron chi connectivity index (χ0n) is 18.8. The molecular weight excluding hydrogens is 447 g/mol. The van der Waals surface area contributed by atoms with Crippen LogP contribution >= 0.6 is 0 Å². The lowest BCUT2D eigenvalue weighted by Gasteiger charge is -2.40. The maximum atomic E-state index is 13.3. The van der Waals surface area contributed by atoms with E-state index in [0.717, 1.165) is 49.1 Å². The predicted octanol–water partition coefficient (Wildman–Crippen LogP) is 4.23. The van der Waals surface area contributed by atoms with Gasteiger partial charge in [-0.25, -0.2) is 0 Å². The molecule has 0 bridgehead atoms. The highest BCUT2D eigenvalue weighted by Gasteiger charge is 2.45. The third-order valence-corrected chi connectivity index (χ3v) is 6.70. The van der Waals surface area contributed by atoms with Crippen LogP contribution in [-0.2, 0) is 17.5 Å². The fourth-order valence-electron chi connectivity index (χ4n) is 5.21. The third-order valence-electron chi connectivity index (χ3n) is 6.70. The minimum atomic E-state index is -4.66. The van der Waals surface area contributed by atoms with Gasteiger partial charge in [0.15, 0.2) is 0 Å². The minimum absolute atomic E-state index is 0.00241. The van der Waals surface area contributed by atoms with Crippen molar-refractivity contribution in [3.05, 3.63) is 65.5 Å². The van der Waals surface area contributed by atoms with E-state index in [2.05, 4.69) is 32.6 Å². The number of methoxy groups -OCH3 is 1. The Bertz CT molecular complexity index is 1140. The van der Waals surface area contributed by atoms with Crippen LogP contribution in [0, 0.1) is 0 Å². The lowest BCUT2D eigenvalue weighted by Crippen LogP contribution is -2.47. The Morgan fingerprint density at radius 2 is 2.00 bits per heavy atom. The number of rotatable bonds is 5. The van der Waals surface area contributed by atoms with Crippen molar-refractivity contribution in [2.24, 2.45) is 0 Å². The molecule has 0 unspecified atom stereocenters. The van der Waals surface area contributed by atoms with Crippen LogP contribution in [0.4, 0.5) is 13.2 Å². The second kappa shape index (κ2) is 8.99. The average molecular weight is 473 g/mol. The number of tetrazole rings is 1. The molecule has 0 aliphatic carbocycles. The summed E-state index contributed by atoms with van der Waals surface area (Å²) in [6.07, 6.45) is -1.88. The van der Waals surface area contributed by atoms with Crippen LogP contribution in [0.15, 0.2) is 48.5 Å². The van der Waals surface area contributed by atoms with Crippen LogP contribution in [0.2, 0.25) is 0 Å². The van der Waals surface area contributed by atoms with E-state index in [-0.39, 0.29) is 17.2 Å². The third kappa shape index (κ3) is 4.52. The Kier molecular flexibility index (Phi) is 6.03. The number of aromatic nitrogens is 4. The van der Waals surface area contributed by atoms with Gasteiger partial charge < -0.3 is 9.47 Å². The molecule has 3 aromatic rings. The zero-order valence-corrected chi connectivity index (χ0v) is 18.8. The van der Waals surface area contributed by atoms with Gasteiger partial charge in [-0.05, 0) is 60.0 Å². The molecule has 0 amide bonds. The summed E-state index contributed by atoms with van der Waals surface area (Å²) < 4.78 is 52.7. The van der Waals surface area contributed by atoms with E-state index in [9.17, 15) is 13.2 Å². The molecule has 2 saturated heterocycles. The zero-order chi connectivity index (χ0) is 23.8. The van der Waals surface area contributed by atoms with Gasteiger partial charge in [0.05, 0.1) is 25.0 Å². The van der Waals surface area contributed by atoms with Crippen molar-refractivity contribution >= 4 is 0 Å². The molecule has 2 aliphatic heterocycles. The minimum Gasteiger partial charge on any atom is -0.496 e. The quantitative estimate of drug-likeness (QED) is 0.553. The van der Waals surface area contributed by atoms with Crippen LogP contribution in [-0.4, -0.2) is 57.5 Å². The first-order valence-electron chi connectivity index (χ1n) is 11.3. The second-order valence-corrected chi connectivity index (χ2v) is 9.03. The first-order chi connectivity index (χ1) is 16.4. The van der Waals surface area contributed by atoms with E-state index in [1.54, 1.807) is 19.2 Å². The average Bonchev–Trinajstić information content (AvgIpc) is 3.47. The van der Waals surface area contributed by atoms with Gasteiger partial charge in [0.25, 0.3) is 5.82 Å². The molecule has 0 N–H and O–H groups in total. The summed E-state index contributed by atoms with van der Waals surface area (Å²) in [7, 11) is 1.56. The Morgan fingerprint density at radius 3 is 2.76 bits per heavy atom. The number of alkyl halides is 3. The molecule has 0 radical (unpaired) electrons. The Balaban J connectivity index is 1.37. The lowest BCUT2D eigenvalue weighted by atomic mass is 9.83. The number of hydrogen-bond donors (Lipinski definition) is 0. The van der Waals surface area contributed by atoms with Crippen LogP contribution < -0.4 is 4.74 Å². The molecule has 2 fully saturated rings. The summed E-state index contributed by atoms with van der Waals surface area (Å²) in [6, 6.07) is 15.2. The standard InChI is InChI=1S/C24H26F3N5O2/c1-33-21-9-8-19(32-22(24(25,26)27)28-29-30-32)12-20(21)18-13-23(34-15-18)10-5-11-31(16-23)14-17-6-3-2-4-7-17/h2-4,6-9,12,18H,5,10-11,13-16H2,1H3/t18-,23+/m0/s1. The van der Waals surface area contributed by atoms with Crippen molar-refractivity contribution in [3.63, 3.8) is 0 Å². The van der Waals surface area contributed by atoms with E-state index in [0.29, 0.717) is 12.4 Å². The molecule has 3 heterocycles. The van der Waals surface area contributed by atoms with E-state index >= 15 is 0 Å². The van der Waals surface area contributed by atoms with Crippen LogP contribution in [0.1, 0.15) is 42.1 Å². The Labute approximate surface area is 195 Å². The molecule has 10 heteroatoms. The first-order valence-corrected chi connectivity index (χ1v) is 11.3. The molecule has 7 nitrogen and oxygen atoms in total. The molecule has 5 rings (SSSR count). The van der Waals surface area contributed by atoms with E-state index in [1.165, 1.54) is 11.6 Å². The second-order valence-electron chi connectivity index (χ2n) is 9.03. The van der Waals surface area contributed by atoms with Gasteiger partial charge in [-0.3, -0.25) is 4.90 Å². The van der Waals surface area contributed by atoms with Crippen molar-refractivity contribution in [3.8, 4) is 11.4 Å². The van der Waals surface area contributed by atoms with Crippen molar-refractivity contribution in [2.45, 2.75) is 43.5 Å². The van der Waals surface area contributed by atoms with Gasteiger partial charge in [0.2, 0.25) is 0 Å². The largest absolute Gasteiger partial charge is 0.496 e. The van der Waals surface area contributed by atoms with Gasteiger partial charge in [-0.2, -0.15) is 17.9 Å². The van der Waals surface area contributed by atoms with Gasteiger partial charge in [-0.15, -0.1) is 5.10 Å². The summed E-state index contributed by atoms with van der Waals surface area (Å²) in [5, 5.41) is 9.95. The molecule has 2 aliphatic rings. The highest BCUT2D eigenvalue weighted by atomic mass is 19.4. The summed E-state index contributed by atoms with van der Waals surface area (Å²) in [4.78, 5) is 2.42. The highest BCUT2D eigenvalue weighted by Crippen LogP contribution is 2.45. The first kappa shape index (κ1) is 22.8. The van der Waals surface area contributed by atoms with Gasteiger partial charge in [0.1, 0.15) is 5.75 Å². The molecule has 1 spiro atoms. The van der Waals surface area contributed by atoms with Crippen LogP contribution in [0.25, 0.3) is 5.69 Å². The number of likely N-dealkylation sites (tertiary alicyclic amines) is 1. The molecule has 2 aromatic carbocycles. The van der Waals surface area contributed by atoms with Crippen molar-refractivity contribution in [1.82, 2.24) is 25.1 Å². The number of hydrogen-bond acceptors (Lipinski definition) is 6. The van der Waals surface area contributed by atoms with E-state index in [4.69, 9.17) is 9.47 Å². The molecule has 0 saturated carbocycles. The maximum absolute atomic E-state index is 13.3. The van der Waals surface area contributed by atoms with Gasteiger partial charge in [0, 0.05) is 24.6 Å². The number of nitrogens with zero attached hydrogens (tertiary/aromatic N) is 5. The summed E-state index contributed by atoms with van der Waals surface area (Å²) >= 11 is 0. The van der Waals surface area contributed by atoms with Crippen LogP contribution in [0.5, 0.6) is 5.75 Å². The highest BCUT2D eigenvalue weighted by molar-refractivity contribution is 5.46. The number of piperidine rings is 1. The molecule has 1 aromatic heterocycles. The SMILES string of the molecule is COc1ccc(-n2nnnc2C(F)(F)F)cc1[C@@H]1CO[C@]2(CCCN(Cc3ccccc3)C2)C1. The van der Waals surface area contributed by atoms with Crippen molar-refractivity contribution in [1.29, 1.82) is 0 Å². The monoisotopic (exact) mass is 473 g/mol. The molecular formula is C24H26F3N5O2. The number of benzene rings is 2. The number of ether oxygens (including phenoxy) is 2. The molecule has 2 atom stereocenters. The predicted molar refractivity (Wildman–Crippen MR) is 118 cm³/mol. The van der Waals surface area contributed by atoms with Crippen molar-refractivity contribution in [2.75, 3.05) is 26.8 Å². The maximum Gasteiger partial charge on any atom is 0.453 e. The summed E-state index contributed by atoms with van der Waals surface area (Å²) in [5.41, 5.74) is 2.04. The molecule has 34 heavy (non-hydrogen) atoms. The lowest BCUT2D eigenvalue weighted by molar-refractivity contribution is -0.146. The topological polar surface area (TPSA) is 65.3 Å². The Hall–Kier alpha value is -2.98. The fraction of sp³-hybridized carbons (Fsp3) is 0.458. The van der Waals surface area contributed by atoms with Crippen LogP contribution in [0.3, 0.4) is 0 Å². The fourth-order valence-corrected chi connectivity index (χ4v) is 5.21. The normalized spacial score (nSPS) is 23.5. The van der Waals surface area contributed by atoms with E-state index < -0.39 is 12.0 Å². The van der Waals surface area contributed by atoms with Gasteiger partial charge in [-0.1, -0.05) is 30.3 Å². The summed E-state index contributed by atoms with van der Waals surface area (Å²) in [5.74, 6) is -0.544. The van der Waals surface area contributed by atoms with Crippen molar-refractivity contribution < 1.29 is 22.6 Å². The summed E-state index contributed by atoms with van der Waals surface area (Å²) in [6.45, 7) is 3.20. The smallest absolute Gasteiger partial charge is 0.453 e.